The standard InChI is InChI=1S/C14H14F2N2O2S/c1-14(2,3)20-12(19)11-7-21-13(18-11)17-10-5-8(15)4-9(16)6-10/h4-7H,1-3H3,(H,17,18). The number of nitrogens with zero attached hydrogens (tertiary/aromatic N) is 1. The van der Waals surface area contributed by atoms with Crippen molar-refractivity contribution in [2.75, 3.05) is 5.32 Å². The summed E-state index contributed by atoms with van der Waals surface area (Å²) in [5, 5.41) is 4.61. The molecule has 0 atom stereocenters. The van der Waals surface area contributed by atoms with Gasteiger partial charge in [0.05, 0.1) is 0 Å². The van der Waals surface area contributed by atoms with E-state index in [0.29, 0.717) is 5.13 Å². The summed E-state index contributed by atoms with van der Waals surface area (Å²) in [6.07, 6.45) is 0. The second-order valence-corrected chi connectivity index (χ2v) is 6.18. The number of esters is 1. The number of carbonyl (C=O) groups is 1. The van der Waals surface area contributed by atoms with Crippen LogP contribution in [-0.4, -0.2) is 16.6 Å². The summed E-state index contributed by atoms with van der Waals surface area (Å²) in [5.41, 5.74) is -0.244. The number of ether oxygens (including phenoxy) is 1. The molecule has 0 saturated carbocycles. The maximum atomic E-state index is 13.1. The van der Waals surface area contributed by atoms with Crippen LogP contribution in [0.5, 0.6) is 0 Å². The first-order valence-corrected chi connectivity index (χ1v) is 7.03. The van der Waals surface area contributed by atoms with Crippen LogP contribution in [0, 0.1) is 11.6 Å². The normalized spacial score (nSPS) is 11.3. The minimum absolute atomic E-state index is 0.148. The molecule has 2 rings (SSSR count). The van der Waals surface area contributed by atoms with Gasteiger partial charge in [-0.2, -0.15) is 0 Å². The Kier molecular flexibility index (Phi) is 4.22. The Balaban J connectivity index is 2.11. The number of hydrogen-bond donors (Lipinski definition) is 1. The minimum Gasteiger partial charge on any atom is -0.455 e. The Labute approximate surface area is 124 Å². The zero-order chi connectivity index (χ0) is 15.6. The lowest BCUT2D eigenvalue weighted by Gasteiger charge is -2.18. The lowest BCUT2D eigenvalue weighted by atomic mass is 10.2. The van der Waals surface area contributed by atoms with Gasteiger partial charge in [0.15, 0.2) is 10.8 Å². The van der Waals surface area contributed by atoms with Crippen molar-refractivity contribution in [1.82, 2.24) is 4.98 Å². The van der Waals surface area contributed by atoms with Gasteiger partial charge in [-0.25, -0.2) is 18.6 Å². The summed E-state index contributed by atoms with van der Waals surface area (Å²) in [7, 11) is 0. The van der Waals surface area contributed by atoms with E-state index in [9.17, 15) is 13.6 Å². The molecule has 0 spiro atoms. The van der Waals surface area contributed by atoms with E-state index in [2.05, 4.69) is 10.3 Å². The molecule has 0 unspecified atom stereocenters. The summed E-state index contributed by atoms with van der Waals surface area (Å²) >= 11 is 1.14. The molecule has 1 aromatic carbocycles. The zero-order valence-electron chi connectivity index (χ0n) is 11.7. The Hall–Kier alpha value is -2.02. The van der Waals surface area contributed by atoms with Crippen molar-refractivity contribution in [3.63, 3.8) is 0 Å². The highest BCUT2D eigenvalue weighted by Gasteiger charge is 2.20. The fourth-order valence-electron chi connectivity index (χ4n) is 1.50. The first kappa shape index (κ1) is 15.4. The van der Waals surface area contributed by atoms with Crippen LogP contribution < -0.4 is 5.32 Å². The molecule has 0 aliphatic rings. The van der Waals surface area contributed by atoms with Gasteiger partial charge >= 0.3 is 5.97 Å². The van der Waals surface area contributed by atoms with Gasteiger partial charge in [0, 0.05) is 17.1 Å². The molecule has 0 aliphatic heterocycles. The van der Waals surface area contributed by atoms with E-state index < -0.39 is 23.2 Å². The van der Waals surface area contributed by atoms with Crippen LogP contribution in [-0.2, 0) is 4.74 Å². The van der Waals surface area contributed by atoms with Gasteiger partial charge in [-0.05, 0) is 32.9 Å². The zero-order valence-corrected chi connectivity index (χ0v) is 12.6. The molecule has 1 aromatic heterocycles. The average molecular weight is 312 g/mol. The molecule has 1 heterocycles. The van der Waals surface area contributed by atoms with Crippen LogP contribution in [0.2, 0.25) is 0 Å². The molecular weight excluding hydrogens is 298 g/mol. The molecule has 21 heavy (non-hydrogen) atoms. The lowest BCUT2D eigenvalue weighted by molar-refractivity contribution is 0.00638. The minimum atomic E-state index is -0.693. The summed E-state index contributed by atoms with van der Waals surface area (Å²) < 4.78 is 31.3. The molecule has 0 aliphatic carbocycles. The lowest BCUT2D eigenvalue weighted by Crippen LogP contribution is -2.24. The Morgan fingerprint density at radius 2 is 1.86 bits per heavy atom. The third-order valence-electron chi connectivity index (χ3n) is 2.23. The number of carbonyl (C=O) groups excluding carboxylic acids is 1. The number of anilines is 2. The van der Waals surface area contributed by atoms with Crippen molar-refractivity contribution >= 4 is 28.1 Å². The fraction of sp³-hybridized carbons (Fsp3) is 0.286. The molecule has 0 bridgehead atoms. The van der Waals surface area contributed by atoms with Crippen LogP contribution in [0.15, 0.2) is 23.6 Å². The van der Waals surface area contributed by atoms with Crippen molar-refractivity contribution in [2.24, 2.45) is 0 Å². The van der Waals surface area contributed by atoms with Crippen molar-refractivity contribution in [2.45, 2.75) is 26.4 Å². The molecule has 1 N–H and O–H groups in total. The Bertz CT molecular complexity index is 645. The number of thiazole rings is 1. The summed E-state index contributed by atoms with van der Waals surface area (Å²) in [6.45, 7) is 5.27. The molecule has 4 nitrogen and oxygen atoms in total. The molecular formula is C14H14F2N2O2S. The van der Waals surface area contributed by atoms with Gasteiger partial charge in [0.2, 0.25) is 0 Å². The SMILES string of the molecule is CC(C)(C)OC(=O)c1csc(Nc2cc(F)cc(F)c2)n1. The molecule has 112 valence electrons. The highest BCUT2D eigenvalue weighted by atomic mass is 32.1. The molecule has 0 fully saturated rings. The van der Waals surface area contributed by atoms with Gasteiger partial charge in [0.1, 0.15) is 17.2 Å². The first-order chi connectivity index (χ1) is 9.73. The van der Waals surface area contributed by atoms with Crippen molar-refractivity contribution in [3.05, 3.63) is 40.9 Å². The third-order valence-corrected chi connectivity index (χ3v) is 2.98. The smallest absolute Gasteiger partial charge is 0.358 e. The highest BCUT2D eigenvalue weighted by Crippen LogP contribution is 2.23. The predicted octanol–water partition coefficient (Wildman–Crippen LogP) is 4.12. The van der Waals surface area contributed by atoms with Crippen molar-refractivity contribution < 1.29 is 18.3 Å². The summed E-state index contributed by atoms with van der Waals surface area (Å²) in [6, 6.07) is 3.05. The van der Waals surface area contributed by atoms with Crippen molar-refractivity contribution in [3.8, 4) is 0 Å². The molecule has 2 aromatic rings. The average Bonchev–Trinajstić information content (AvgIpc) is 2.73. The number of halogens is 2. The highest BCUT2D eigenvalue weighted by molar-refractivity contribution is 7.14. The second-order valence-electron chi connectivity index (χ2n) is 5.32. The van der Waals surface area contributed by atoms with Crippen LogP contribution in [0.3, 0.4) is 0 Å². The van der Waals surface area contributed by atoms with Gasteiger partial charge < -0.3 is 10.1 Å². The monoisotopic (exact) mass is 312 g/mol. The van der Waals surface area contributed by atoms with E-state index in [1.807, 2.05) is 0 Å². The fourth-order valence-corrected chi connectivity index (χ4v) is 2.20. The number of hydrogen-bond acceptors (Lipinski definition) is 5. The van der Waals surface area contributed by atoms with E-state index in [4.69, 9.17) is 4.74 Å². The predicted molar refractivity (Wildman–Crippen MR) is 76.9 cm³/mol. The molecule has 0 saturated heterocycles. The van der Waals surface area contributed by atoms with E-state index >= 15 is 0 Å². The summed E-state index contributed by atoms with van der Waals surface area (Å²) in [5.74, 6) is -1.93. The largest absolute Gasteiger partial charge is 0.455 e. The van der Waals surface area contributed by atoms with E-state index in [1.54, 1.807) is 20.8 Å². The van der Waals surface area contributed by atoms with Crippen molar-refractivity contribution in [1.29, 1.82) is 0 Å². The summed E-state index contributed by atoms with van der Waals surface area (Å²) in [4.78, 5) is 15.8. The van der Waals surface area contributed by atoms with Crippen LogP contribution in [0.25, 0.3) is 0 Å². The van der Waals surface area contributed by atoms with Gasteiger partial charge in [-0.3, -0.25) is 0 Å². The molecule has 7 heteroatoms. The first-order valence-electron chi connectivity index (χ1n) is 6.15. The number of aromatic nitrogens is 1. The van der Waals surface area contributed by atoms with Crippen LogP contribution in [0.1, 0.15) is 31.3 Å². The number of benzene rings is 1. The van der Waals surface area contributed by atoms with Gasteiger partial charge in [0.25, 0.3) is 0 Å². The van der Waals surface area contributed by atoms with Gasteiger partial charge in [-0.1, -0.05) is 0 Å². The van der Waals surface area contributed by atoms with E-state index in [0.717, 1.165) is 29.5 Å². The Morgan fingerprint density at radius 3 is 2.43 bits per heavy atom. The van der Waals surface area contributed by atoms with Crippen LogP contribution >= 0.6 is 11.3 Å². The third kappa shape index (κ3) is 4.49. The maximum absolute atomic E-state index is 13.1. The van der Waals surface area contributed by atoms with Crippen LogP contribution in [0.4, 0.5) is 19.6 Å². The second kappa shape index (κ2) is 5.77. The number of rotatable bonds is 3. The van der Waals surface area contributed by atoms with Gasteiger partial charge in [-0.15, -0.1) is 11.3 Å². The molecule has 0 amide bonds. The van der Waals surface area contributed by atoms with E-state index in [-0.39, 0.29) is 11.4 Å². The maximum Gasteiger partial charge on any atom is 0.358 e. The quantitative estimate of drug-likeness (QED) is 0.866. The number of nitrogens with one attached hydrogen (secondary N) is 1. The Morgan fingerprint density at radius 1 is 1.24 bits per heavy atom. The molecule has 0 radical (unpaired) electrons. The topological polar surface area (TPSA) is 51.2 Å². The van der Waals surface area contributed by atoms with E-state index in [1.165, 1.54) is 5.38 Å².